The Balaban J connectivity index is 1.44. The van der Waals surface area contributed by atoms with Crippen LogP contribution >= 0.6 is 0 Å². The Morgan fingerprint density at radius 2 is 1.91 bits per heavy atom. The fourth-order valence-electron chi connectivity index (χ4n) is 4.30. The summed E-state index contributed by atoms with van der Waals surface area (Å²) in [6, 6.07) is 4.00. The maximum atomic E-state index is 12.8. The van der Waals surface area contributed by atoms with Crippen LogP contribution in [0.5, 0.6) is 0 Å². The van der Waals surface area contributed by atoms with E-state index in [2.05, 4.69) is 25.7 Å². The maximum Gasteiger partial charge on any atom is 0.435 e. The molecule has 4 aromatic rings. The van der Waals surface area contributed by atoms with Gasteiger partial charge in [-0.15, -0.1) is 10.2 Å². The molecular formula is C22H22F3N9O. The van der Waals surface area contributed by atoms with Gasteiger partial charge in [0.05, 0.1) is 29.2 Å². The normalized spacial score (nSPS) is 18.4. The summed E-state index contributed by atoms with van der Waals surface area (Å²) in [5.74, 6) is -0.186. The molecule has 5 rings (SSSR count). The molecule has 1 aliphatic heterocycles. The van der Waals surface area contributed by atoms with Crippen LogP contribution in [0.25, 0.3) is 16.6 Å². The summed E-state index contributed by atoms with van der Waals surface area (Å²) in [5, 5.41) is 19.1. The number of hydrogen-bond donors (Lipinski definition) is 2. The fraction of sp³-hybridized carbons (Fsp3) is 0.318. The topological polar surface area (TPSA) is 119 Å². The largest absolute Gasteiger partial charge is 0.435 e. The van der Waals surface area contributed by atoms with Crippen molar-refractivity contribution in [3.63, 3.8) is 0 Å². The van der Waals surface area contributed by atoms with E-state index in [0.29, 0.717) is 30.1 Å². The van der Waals surface area contributed by atoms with Crippen LogP contribution < -0.4 is 16.0 Å². The fourth-order valence-corrected chi connectivity index (χ4v) is 4.30. The van der Waals surface area contributed by atoms with Crippen LogP contribution in [0.2, 0.25) is 0 Å². The molecule has 4 aromatic heterocycles. The second-order valence-corrected chi connectivity index (χ2v) is 8.67. The minimum atomic E-state index is -4.54. The van der Waals surface area contributed by atoms with Crippen molar-refractivity contribution in [3.05, 3.63) is 54.2 Å². The molecule has 5 heterocycles. The Hall–Kier alpha value is -4.16. The lowest BCUT2D eigenvalue weighted by atomic mass is 10.1. The molecule has 2 atom stereocenters. The first kappa shape index (κ1) is 22.6. The van der Waals surface area contributed by atoms with E-state index in [9.17, 15) is 18.0 Å². The van der Waals surface area contributed by atoms with E-state index in [4.69, 9.17) is 5.73 Å². The van der Waals surface area contributed by atoms with Gasteiger partial charge in [0.15, 0.2) is 11.5 Å². The number of alkyl halides is 3. The molecule has 0 spiro atoms. The molecule has 1 saturated heterocycles. The van der Waals surface area contributed by atoms with Crippen LogP contribution in [0.1, 0.15) is 23.0 Å². The number of aryl methyl sites for hydroxylation is 1. The number of carbonyl (C=O) groups is 1. The van der Waals surface area contributed by atoms with E-state index in [1.165, 1.54) is 12.3 Å². The number of aromatic nitrogens is 6. The molecular weight excluding hydrogens is 463 g/mol. The molecule has 0 aromatic carbocycles. The van der Waals surface area contributed by atoms with Crippen molar-refractivity contribution in [2.24, 2.45) is 18.7 Å². The van der Waals surface area contributed by atoms with Crippen molar-refractivity contribution in [1.82, 2.24) is 29.6 Å². The van der Waals surface area contributed by atoms with Crippen molar-refractivity contribution in [1.29, 1.82) is 0 Å². The van der Waals surface area contributed by atoms with Crippen LogP contribution in [0.3, 0.4) is 0 Å². The second kappa shape index (κ2) is 8.25. The average Bonchev–Trinajstić information content (AvgIpc) is 3.52. The summed E-state index contributed by atoms with van der Waals surface area (Å²) in [6.45, 7) is 3.01. The summed E-state index contributed by atoms with van der Waals surface area (Å²) in [4.78, 5) is 14.1. The lowest BCUT2D eigenvalue weighted by Crippen LogP contribution is -2.30. The first-order valence-corrected chi connectivity index (χ1v) is 10.8. The van der Waals surface area contributed by atoms with Gasteiger partial charge in [0.2, 0.25) is 0 Å². The standard InChI is InChI=1S/C22H22F3N9O/c1-12-8-33(19-4-3-18(30-31-19)22(23,24)25)11-16(12)29-20-15(21(26)35)7-28-34-10-13(5-17(20)34)14-6-27-32(2)9-14/h3-7,9-10,12,16,29H,8,11H2,1-2H3,(H2,26,35)/t12-,16+/m0/s1. The first-order chi connectivity index (χ1) is 16.6. The number of halogens is 3. The molecule has 0 unspecified atom stereocenters. The van der Waals surface area contributed by atoms with Crippen molar-refractivity contribution >= 4 is 22.9 Å². The van der Waals surface area contributed by atoms with Crippen molar-refractivity contribution in [2.45, 2.75) is 19.1 Å². The third-order valence-electron chi connectivity index (χ3n) is 6.15. The number of nitrogens with zero attached hydrogens (tertiary/aromatic N) is 7. The van der Waals surface area contributed by atoms with Gasteiger partial charge >= 0.3 is 6.18 Å². The van der Waals surface area contributed by atoms with Gasteiger partial charge in [0, 0.05) is 49.7 Å². The predicted molar refractivity (Wildman–Crippen MR) is 122 cm³/mol. The average molecular weight is 485 g/mol. The molecule has 1 aliphatic rings. The summed E-state index contributed by atoms with van der Waals surface area (Å²) < 4.78 is 41.8. The quantitative estimate of drug-likeness (QED) is 0.446. The second-order valence-electron chi connectivity index (χ2n) is 8.67. The minimum absolute atomic E-state index is 0.0841. The Kier molecular flexibility index (Phi) is 5.33. The maximum absolute atomic E-state index is 12.8. The minimum Gasteiger partial charge on any atom is -0.378 e. The SMILES string of the molecule is C[C@H]1CN(c2ccc(C(F)(F)F)nn2)C[C@H]1Nc1c(C(N)=O)cnn2cc(-c3cnn(C)c3)cc12. The van der Waals surface area contributed by atoms with Crippen LogP contribution in [-0.4, -0.2) is 54.6 Å². The molecule has 10 nitrogen and oxygen atoms in total. The Morgan fingerprint density at radius 3 is 2.54 bits per heavy atom. The van der Waals surface area contributed by atoms with Gasteiger partial charge in [-0.3, -0.25) is 9.48 Å². The van der Waals surface area contributed by atoms with Gasteiger partial charge in [-0.1, -0.05) is 6.92 Å². The highest BCUT2D eigenvalue weighted by Gasteiger charge is 2.35. The molecule has 0 saturated carbocycles. The molecule has 13 heteroatoms. The lowest BCUT2D eigenvalue weighted by Gasteiger charge is -2.20. The highest BCUT2D eigenvalue weighted by molar-refractivity contribution is 6.02. The third kappa shape index (κ3) is 4.24. The van der Waals surface area contributed by atoms with Crippen molar-refractivity contribution < 1.29 is 18.0 Å². The number of amides is 1. The van der Waals surface area contributed by atoms with E-state index in [1.807, 2.05) is 37.3 Å². The van der Waals surface area contributed by atoms with E-state index in [1.54, 1.807) is 15.4 Å². The van der Waals surface area contributed by atoms with Gasteiger partial charge in [0.25, 0.3) is 5.91 Å². The molecule has 0 aliphatic carbocycles. The number of carbonyl (C=O) groups excluding carboxylic acids is 1. The number of nitrogens with one attached hydrogen (secondary N) is 1. The molecule has 0 bridgehead atoms. The molecule has 3 N–H and O–H groups in total. The predicted octanol–water partition coefficient (Wildman–Crippen LogP) is 2.58. The highest BCUT2D eigenvalue weighted by atomic mass is 19.4. The molecule has 35 heavy (non-hydrogen) atoms. The monoisotopic (exact) mass is 485 g/mol. The number of anilines is 2. The van der Waals surface area contributed by atoms with E-state index in [-0.39, 0.29) is 17.5 Å². The van der Waals surface area contributed by atoms with E-state index >= 15 is 0 Å². The Labute approximate surface area is 197 Å². The Bertz CT molecular complexity index is 1390. The van der Waals surface area contributed by atoms with Crippen molar-refractivity contribution in [3.8, 4) is 11.1 Å². The summed E-state index contributed by atoms with van der Waals surface area (Å²) in [5.41, 5.74) is 7.82. The summed E-state index contributed by atoms with van der Waals surface area (Å²) >= 11 is 0. The van der Waals surface area contributed by atoms with Crippen LogP contribution in [0.15, 0.2) is 43.0 Å². The zero-order chi connectivity index (χ0) is 24.9. The van der Waals surface area contributed by atoms with Crippen LogP contribution in [-0.2, 0) is 13.2 Å². The van der Waals surface area contributed by atoms with E-state index < -0.39 is 17.8 Å². The lowest BCUT2D eigenvalue weighted by molar-refractivity contribution is -0.141. The number of hydrogen-bond acceptors (Lipinski definition) is 7. The molecule has 182 valence electrons. The first-order valence-electron chi connectivity index (χ1n) is 10.8. The van der Waals surface area contributed by atoms with Crippen LogP contribution in [0, 0.1) is 5.92 Å². The van der Waals surface area contributed by atoms with Gasteiger partial charge in [-0.05, 0) is 24.1 Å². The van der Waals surface area contributed by atoms with Crippen molar-refractivity contribution in [2.75, 3.05) is 23.3 Å². The number of primary amides is 1. The highest BCUT2D eigenvalue weighted by Crippen LogP contribution is 2.32. The molecule has 1 amide bonds. The zero-order valence-electron chi connectivity index (χ0n) is 18.9. The summed E-state index contributed by atoms with van der Waals surface area (Å²) in [6.07, 6.45) is 2.32. The summed E-state index contributed by atoms with van der Waals surface area (Å²) in [7, 11) is 1.82. The number of rotatable bonds is 5. The van der Waals surface area contributed by atoms with Gasteiger partial charge in [-0.2, -0.15) is 23.4 Å². The van der Waals surface area contributed by atoms with Gasteiger partial charge < -0.3 is 16.0 Å². The van der Waals surface area contributed by atoms with Crippen LogP contribution in [0.4, 0.5) is 24.7 Å². The molecule has 1 fully saturated rings. The van der Waals surface area contributed by atoms with Gasteiger partial charge in [-0.25, -0.2) is 4.52 Å². The smallest absolute Gasteiger partial charge is 0.378 e. The van der Waals surface area contributed by atoms with E-state index in [0.717, 1.165) is 17.2 Å². The number of fused-ring (bicyclic) bond motifs is 1. The zero-order valence-corrected chi connectivity index (χ0v) is 18.9. The molecule has 0 radical (unpaired) electrons. The van der Waals surface area contributed by atoms with Gasteiger partial charge in [0.1, 0.15) is 0 Å². The number of nitrogens with two attached hydrogens (primary N) is 1. The Morgan fingerprint density at radius 1 is 1.11 bits per heavy atom. The third-order valence-corrected chi connectivity index (χ3v) is 6.15.